The first-order valence-corrected chi connectivity index (χ1v) is 8.93. The van der Waals surface area contributed by atoms with Gasteiger partial charge in [-0.05, 0) is 30.7 Å². The van der Waals surface area contributed by atoms with Gasteiger partial charge >= 0.3 is 0 Å². The largest absolute Gasteiger partial charge is 0.507 e. The van der Waals surface area contributed by atoms with E-state index < -0.39 is 0 Å². The molecule has 0 atom stereocenters. The van der Waals surface area contributed by atoms with Gasteiger partial charge in [0.25, 0.3) is 0 Å². The van der Waals surface area contributed by atoms with E-state index in [-0.39, 0.29) is 5.75 Å². The zero-order valence-electron chi connectivity index (χ0n) is 14.0. The summed E-state index contributed by atoms with van der Waals surface area (Å²) in [5, 5.41) is 15.0. The lowest BCUT2D eigenvalue weighted by Gasteiger charge is -2.02. The zero-order chi connectivity index (χ0) is 17.9. The summed E-state index contributed by atoms with van der Waals surface area (Å²) in [6.07, 6.45) is 1.57. The lowest BCUT2D eigenvalue weighted by molar-refractivity contribution is 0.474. The Kier molecular flexibility index (Phi) is 4.33. The van der Waals surface area contributed by atoms with Crippen molar-refractivity contribution in [2.24, 2.45) is 5.10 Å². The Morgan fingerprint density at radius 1 is 1.04 bits per heavy atom. The molecule has 4 aromatic rings. The van der Waals surface area contributed by atoms with Crippen LogP contribution >= 0.6 is 11.3 Å². The van der Waals surface area contributed by atoms with E-state index in [0.717, 1.165) is 20.7 Å². The highest BCUT2D eigenvalue weighted by atomic mass is 32.1. The monoisotopic (exact) mass is 360 g/mol. The first-order chi connectivity index (χ1) is 12.7. The molecule has 0 radical (unpaired) electrons. The smallest absolute Gasteiger partial charge is 0.158 e. The van der Waals surface area contributed by atoms with Gasteiger partial charge in [-0.3, -0.25) is 5.43 Å². The second kappa shape index (κ2) is 6.93. The predicted octanol–water partition coefficient (Wildman–Crippen LogP) is 4.82. The number of aromatic hydroxyl groups is 1. The van der Waals surface area contributed by atoms with Crippen molar-refractivity contribution in [2.45, 2.75) is 6.92 Å². The Morgan fingerprint density at radius 3 is 2.62 bits per heavy atom. The van der Waals surface area contributed by atoms with Crippen molar-refractivity contribution in [1.82, 2.24) is 9.97 Å². The molecule has 128 valence electrons. The number of nitrogens with zero attached hydrogens (tertiary/aromatic N) is 3. The third-order valence-corrected chi connectivity index (χ3v) is 4.95. The van der Waals surface area contributed by atoms with Crippen molar-refractivity contribution in [3.63, 3.8) is 0 Å². The first-order valence-electron chi connectivity index (χ1n) is 8.11. The predicted molar refractivity (Wildman–Crippen MR) is 107 cm³/mol. The molecule has 2 aromatic heterocycles. The molecule has 26 heavy (non-hydrogen) atoms. The van der Waals surface area contributed by atoms with Gasteiger partial charge in [-0.1, -0.05) is 42.5 Å². The van der Waals surface area contributed by atoms with Crippen molar-refractivity contribution in [1.29, 1.82) is 0 Å². The highest BCUT2D eigenvalue weighted by Gasteiger charge is 2.11. The van der Waals surface area contributed by atoms with Crippen molar-refractivity contribution in [2.75, 3.05) is 5.43 Å². The number of hydrogen-bond acceptors (Lipinski definition) is 6. The molecule has 4 rings (SSSR count). The quantitative estimate of drug-likeness (QED) is 0.404. The van der Waals surface area contributed by atoms with Gasteiger partial charge in [0.15, 0.2) is 5.82 Å². The second-order valence-corrected chi connectivity index (χ2v) is 6.77. The third-order valence-electron chi connectivity index (χ3n) is 3.87. The van der Waals surface area contributed by atoms with Crippen LogP contribution in [-0.4, -0.2) is 21.3 Å². The van der Waals surface area contributed by atoms with Gasteiger partial charge in [0.05, 0.1) is 11.6 Å². The highest BCUT2D eigenvalue weighted by molar-refractivity contribution is 7.21. The number of fused-ring (bicyclic) bond motifs is 1. The maximum Gasteiger partial charge on any atom is 0.158 e. The minimum absolute atomic E-state index is 0.184. The number of benzene rings is 2. The average molecular weight is 360 g/mol. The fourth-order valence-corrected chi connectivity index (χ4v) is 3.70. The Hall–Kier alpha value is -3.25. The molecule has 0 fully saturated rings. The summed E-state index contributed by atoms with van der Waals surface area (Å²) in [6.45, 7) is 1.86. The fraction of sp³-hybridized carbons (Fsp3) is 0.0500. The Labute approximate surface area is 154 Å². The molecule has 0 amide bonds. The van der Waals surface area contributed by atoms with Crippen LogP contribution in [0.5, 0.6) is 5.75 Å². The van der Waals surface area contributed by atoms with Crippen molar-refractivity contribution < 1.29 is 5.11 Å². The van der Waals surface area contributed by atoms with Crippen molar-refractivity contribution in [3.8, 4) is 16.2 Å². The summed E-state index contributed by atoms with van der Waals surface area (Å²) in [5.74, 6) is 1.51. The molecule has 5 nitrogen and oxygen atoms in total. The number of phenolic OH excluding ortho intramolecular Hbond substituents is 1. The minimum Gasteiger partial charge on any atom is -0.507 e. The molecular formula is C20H16N4OS. The Morgan fingerprint density at radius 2 is 1.81 bits per heavy atom. The van der Waals surface area contributed by atoms with Crippen LogP contribution in [0.15, 0.2) is 65.8 Å². The molecular weight excluding hydrogens is 344 g/mol. The summed E-state index contributed by atoms with van der Waals surface area (Å²) >= 11 is 1.63. The van der Waals surface area contributed by atoms with Crippen LogP contribution in [0.4, 0.5) is 5.82 Å². The SMILES string of the molecule is Cc1nc(N/N=C/c2ccccc2O)c2cc(-c3ccccc3)sc2n1. The number of hydrogen-bond donors (Lipinski definition) is 2. The molecule has 2 N–H and O–H groups in total. The summed E-state index contributed by atoms with van der Waals surface area (Å²) in [7, 11) is 0. The maximum atomic E-state index is 9.81. The number of aryl methyl sites for hydroxylation is 1. The van der Waals surface area contributed by atoms with E-state index in [9.17, 15) is 5.11 Å². The third kappa shape index (κ3) is 3.27. The summed E-state index contributed by atoms with van der Waals surface area (Å²) in [6, 6.07) is 19.3. The number of hydrazone groups is 1. The van der Waals surface area contributed by atoms with Gasteiger partial charge < -0.3 is 5.11 Å². The zero-order valence-corrected chi connectivity index (χ0v) is 14.9. The fourth-order valence-electron chi connectivity index (χ4n) is 2.62. The molecule has 0 aliphatic rings. The number of thiophene rings is 1. The molecule has 0 unspecified atom stereocenters. The molecule has 2 aromatic carbocycles. The minimum atomic E-state index is 0.184. The van der Waals surface area contributed by atoms with Crippen LogP contribution in [0, 0.1) is 6.92 Å². The molecule has 6 heteroatoms. The Balaban J connectivity index is 1.68. The summed E-state index contributed by atoms with van der Waals surface area (Å²) < 4.78 is 0. The van der Waals surface area contributed by atoms with E-state index in [0.29, 0.717) is 17.2 Å². The number of para-hydroxylation sites is 1. The molecule has 0 spiro atoms. The molecule has 0 saturated carbocycles. The number of anilines is 1. The Bertz CT molecular complexity index is 1090. The van der Waals surface area contributed by atoms with E-state index >= 15 is 0 Å². The van der Waals surface area contributed by atoms with E-state index in [2.05, 4.69) is 38.7 Å². The number of aromatic nitrogens is 2. The van der Waals surface area contributed by atoms with E-state index in [1.54, 1.807) is 35.8 Å². The number of rotatable bonds is 4. The van der Waals surface area contributed by atoms with Crippen LogP contribution in [0.2, 0.25) is 0 Å². The maximum absolute atomic E-state index is 9.81. The van der Waals surface area contributed by atoms with Gasteiger partial charge in [0.2, 0.25) is 0 Å². The van der Waals surface area contributed by atoms with Gasteiger partial charge in [0.1, 0.15) is 16.4 Å². The number of phenols is 1. The van der Waals surface area contributed by atoms with Gasteiger partial charge in [0, 0.05) is 10.4 Å². The normalized spacial score (nSPS) is 11.3. The van der Waals surface area contributed by atoms with E-state index in [1.807, 2.05) is 31.2 Å². The number of nitrogens with one attached hydrogen (secondary N) is 1. The molecule has 0 aliphatic heterocycles. The first kappa shape index (κ1) is 16.2. The van der Waals surface area contributed by atoms with Crippen LogP contribution in [0.25, 0.3) is 20.7 Å². The van der Waals surface area contributed by atoms with Crippen molar-refractivity contribution in [3.05, 3.63) is 72.1 Å². The topological polar surface area (TPSA) is 70.4 Å². The average Bonchev–Trinajstić information content (AvgIpc) is 3.08. The van der Waals surface area contributed by atoms with Crippen LogP contribution in [0.1, 0.15) is 11.4 Å². The van der Waals surface area contributed by atoms with Crippen molar-refractivity contribution >= 4 is 33.6 Å². The van der Waals surface area contributed by atoms with Crippen LogP contribution < -0.4 is 5.43 Å². The standard InChI is InChI=1S/C20H16N4OS/c1-13-22-19(24-21-12-15-9-5-6-10-17(15)25)16-11-18(26-20(16)23-13)14-7-3-2-4-8-14/h2-12,25H,1H3,(H,22,23,24)/b21-12+. The second-order valence-electron chi connectivity index (χ2n) is 5.74. The molecule has 0 aliphatic carbocycles. The van der Waals surface area contributed by atoms with Crippen LogP contribution in [-0.2, 0) is 0 Å². The molecule has 2 heterocycles. The summed E-state index contributed by atoms with van der Waals surface area (Å²) in [4.78, 5) is 11.1. The lowest BCUT2D eigenvalue weighted by Crippen LogP contribution is -1.97. The summed E-state index contributed by atoms with van der Waals surface area (Å²) in [5.41, 5.74) is 4.77. The van der Waals surface area contributed by atoms with Gasteiger partial charge in [-0.25, -0.2) is 9.97 Å². The van der Waals surface area contributed by atoms with Gasteiger partial charge in [-0.2, -0.15) is 5.10 Å². The lowest BCUT2D eigenvalue weighted by atomic mass is 10.2. The van der Waals surface area contributed by atoms with Crippen LogP contribution in [0.3, 0.4) is 0 Å². The van der Waals surface area contributed by atoms with E-state index in [4.69, 9.17) is 0 Å². The van der Waals surface area contributed by atoms with E-state index in [1.165, 1.54) is 0 Å². The van der Waals surface area contributed by atoms with Gasteiger partial charge in [-0.15, -0.1) is 11.3 Å². The molecule has 0 bridgehead atoms. The highest BCUT2D eigenvalue weighted by Crippen LogP contribution is 2.35. The molecule has 0 saturated heterocycles.